The van der Waals surface area contributed by atoms with Crippen LogP contribution < -0.4 is 14.4 Å². The molecule has 3 heterocycles. The lowest BCUT2D eigenvalue weighted by molar-refractivity contribution is -0.117. The third kappa shape index (κ3) is 4.99. The minimum Gasteiger partial charge on any atom is -0.503 e. The Balaban J connectivity index is 1.38. The van der Waals surface area contributed by atoms with Gasteiger partial charge in [0.05, 0.1) is 25.8 Å². The number of Topliss-reactive ketones (excluding diaryl/α,β-unsaturated/α-hetero) is 1. The first kappa shape index (κ1) is 27.5. The first-order valence-corrected chi connectivity index (χ1v) is 14.4. The number of carbonyl (C=O) groups is 2. The van der Waals surface area contributed by atoms with E-state index in [-0.39, 0.29) is 22.3 Å². The van der Waals surface area contributed by atoms with Gasteiger partial charge in [0.25, 0.3) is 5.91 Å². The summed E-state index contributed by atoms with van der Waals surface area (Å²) in [5.74, 6) is -1.11. The van der Waals surface area contributed by atoms with Gasteiger partial charge in [0, 0.05) is 11.1 Å². The van der Waals surface area contributed by atoms with Gasteiger partial charge in [-0.15, -0.1) is 10.2 Å². The zero-order valence-corrected chi connectivity index (χ0v) is 23.9. The molecule has 0 bridgehead atoms. The number of furan rings is 1. The number of fused-ring (bicyclic) bond motifs is 1. The predicted octanol–water partition coefficient (Wildman–Crippen LogP) is 6.52. The molecule has 0 spiro atoms. The van der Waals surface area contributed by atoms with Crippen molar-refractivity contribution in [3.05, 3.63) is 107 Å². The molecule has 3 aromatic carbocycles. The molecule has 5 aromatic rings. The van der Waals surface area contributed by atoms with E-state index in [2.05, 4.69) is 10.2 Å². The summed E-state index contributed by atoms with van der Waals surface area (Å²) < 4.78 is 30.4. The second kappa shape index (κ2) is 11.3. The fraction of sp³-hybridized carbons (Fsp3) is 0.133. The lowest BCUT2D eigenvalue weighted by Gasteiger charge is -2.24. The summed E-state index contributed by atoms with van der Waals surface area (Å²) in [4.78, 5) is 28.8. The molecule has 2 aromatic heterocycles. The Morgan fingerprint density at radius 1 is 1.07 bits per heavy atom. The first-order chi connectivity index (χ1) is 20.4. The number of hydrogen-bond donors (Lipinski definition) is 1. The van der Waals surface area contributed by atoms with Gasteiger partial charge in [0.15, 0.2) is 27.2 Å². The molecule has 1 N–H and O–H groups in total. The molecule has 42 heavy (non-hydrogen) atoms. The largest absolute Gasteiger partial charge is 0.503 e. The number of rotatable bonds is 9. The summed E-state index contributed by atoms with van der Waals surface area (Å²) in [6.07, 6.45) is 0. The fourth-order valence-corrected chi connectivity index (χ4v) is 6.51. The number of aliphatic hydroxyl groups excluding tert-OH is 1. The number of aromatic nitrogens is 2. The van der Waals surface area contributed by atoms with E-state index in [0.29, 0.717) is 38.1 Å². The van der Waals surface area contributed by atoms with E-state index < -0.39 is 23.5 Å². The van der Waals surface area contributed by atoms with Gasteiger partial charge in [-0.3, -0.25) is 14.5 Å². The minimum atomic E-state index is -1.04. The minimum absolute atomic E-state index is 0.0635. The van der Waals surface area contributed by atoms with Crippen LogP contribution in [0.1, 0.15) is 27.7 Å². The van der Waals surface area contributed by atoms with E-state index in [4.69, 9.17) is 13.9 Å². The standard InChI is InChI=1S/C30H22FN3O6S2/c1-38-20-7-3-5-17(13-20)24-23(25(35)22-14-18-6-4-8-21(39-2)27(18)40-22)26(36)28(37)34(24)29-32-33-30(42-29)41-15-16-9-11-19(31)12-10-16/h3-14,24,36H,15H2,1-2H3. The van der Waals surface area contributed by atoms with Crippen molar-refractivity contribution in [1.29, 1.82) is 0 Å². The van der Waals surface area contributed by atoms with Crippen molar-refractivity contribution in [2.75, 3.05) is 19.1 Å². The van der Waals surface area contributed by atoms with Crippen LogP contribution in [0, 0.1) is 5.82 Å². The number of methoxy groups -OCH3 is 2. The zero-order valence-electron chi connectivity index (χ0n) is 22.2. The Morgan fingerprint density at radius 2 is 1.86 bits per heavy atom. The van der Waals surface area contributed by atoms with Crippen LogP contribution in [0.2, 0.25) is 0 Å². The van der Waals surface area contributed by atoms with Crippen molar-refractivity contribution in [2.24, 2.45) is 0 Å². The van der Waals surface area contributed by atoms with Crippen molar-refractivity contribution in [3.63, 3.8) is 0 Å². The van der Waals surface area contributed by atoms with Crippen molar-refractivity contribution < 1.29 is 33.0 Å². The Bertz CT molecular complexity index is 1850. The Hall–Kier alpha value is -4.68. The number of anilines is 1. The molecule has 0 aliphatic carbocycles. The highest BCUT2D eigenvalue weighted by atomic mass is 32.2. The predicted molar refractivity (Wildman–Crippen MR) is 156 cm³/mol. The number of thioether (sulfide) groups is 1. The second-order valence-electron chi connectivity index (χ2n) is 9.20. The summed E-state index contributed by atoms with van der Waals surface area (Å²) in [6, 6.07) is 18.7. The molecule has 1 atom stereocenters. The van der Waals surface area contributed by atoms with Gasteiger partial charge in [0.2, 0.25) is 10.9 Å². The van der Waals surface area contributed by atoms with Crippen LogP contribution >= 0.6 is 23.1 Å². The normalized spacial score (nSPS) is 15.1. The molecular formula is C30H22FN3O6S2. The van der Waals surface area contributed by atoms with Gasteiger partial charge in [-0.05, 0) is 47.5 Å². The Kier molecular flexibility index (Phi) is 7.40. The highest BCUT2D eigenvalue weighted by molar-refractivity contribution is 8.00. The zero-order chi connectivity index (χ0) is 29.4. The third-order valence-corrected chi connectivity index (χ3v) is 8.82. The number of ether oxygens (including phenoxy) is 2. The molecule has 212 valence electrons. The monoisotopic (exact) mass is 603 g/mol. The van der Waals surface area contributed by atoms with Crippen molar-refractivity contribution in [3.8, 4) is 11.5 Å². The van der Waals surface area contributed by atoms with Crippen LogP contribution in [0.3, 0.4) is 0 Å². The average molecular weight is 604 g/mol. The quantitative estimate of drug-likeness (QED) is 0.114. The summed E-state index contributed by atoms with van der Waals surface area (Å²) in [5.41, 5.74) is 1.61. The number of nitrogens with zero attached hydrogens (tertiary/aromatic N) is 3. The SMILES string of the molecule is COc1cccc(C2C(C(=O)c3cc4cccc(OC)c4o3)=C(O)C(=O)N2c2nnc(SCc3ccc(F)cc3)s2)c1. The lowest BCUT2D eigenvalue weighted by atomic mass is 9.95. The van der Waals surface area contributed by atoms with E-state index in [1.165, 1.54) is 43.0 Å². The second-order valence-corrected chi connectivity index (χ2v) is 11.4. The van der Waals surface area contributed by atoms with Gasteiger partial charge < -0.3 is 19.0 Å². The summed E-state index contributed by atoms with van der Waals surface area (Å²) >= 11 is 2.51. The smallest absolute Gasteiger partial charge is 0.296 e. The van der Waals surface area contributed by atoms with Crippen LogP contribution in [0.15, 0.2) is 92.9 Å². The van der Waals surface area contributed by atoms with Crippen LogP contribution in [-0.2, 0) is 10.5 Å². The molecule has 6 rings (SSSR count). The maximum Gasteiger partial charge on any atom is 0.296 e. The Labute approximate surface area is 247 Å². The number of benzene rings is 3. The molecule has 1 amide bonds. The number of halogens is 1. The fourth-order valence-electron chi connectivity index (χ4n) is 4.69. The molecule has 12 heteroatoms. The molecule has 9 nitrogen and oxygen atoms in total. The van der Waals surface area contributed by atoms with Gasteiger partial charge in [-0.25, -0.2) is 4.39 Å². The van der Waals surface area contributed by atoms with Gasteiger partial charge in [-0.2, -0.15) is 0 Å². The summed E-state index contributed by atoms with van der Waals surface area (Å²) in [6.45, 7) is 0. The maximum atomic E-state index is 13.9. The molecule has 0 fully saturated rings. The van der Waals surface area contributed by atoms with E-state index in [0.717, 1.165) is 16.9 Å². The van der Waals surface area contributed by atoms with Crippen LogP contribution in [0.25, 0.3) is 11.0 Å². The molecule has 1 aliphatic heterocycles. The van der Waals surface area contributed by atoms with Crippen molar-refractivity contribution in [2.45, 2.75) is 16.1 Å². The molecule has 1 aliphatic rings. The summed E-state index contributed by atoms with van der Waals surface area (Å²) in [5, 5.41) is 20.4. The topological polar surface area (TPSA) is 115 Å². The number of carbonyl (C=O) groups excluding carboxylic acids is 2. The molecule has 1 unspecified atom stereocenters. The van der Waals surface area contributed by atoms with Gasteiger partial charge in [0.1, 0.15) is 11.6 Å². The highest BCUT2D eigenvalue weighted by Gasteiger charge is 2.47. The van der Waals surface area contributed by atoms with Crippen molar-refractivity contribution in [1.82, 2.24) is 10.2 Å². The van der Waals surface area contributed by atoms with Crippen LogP contribution in [-0.4, -0.2) is 41.2 Å². The number of ketones is 1. The molecular weight excluding hydrogens is 581 g/mol. The third-order valence-electron chi connectivity index (χ3n) is 6.69. The number of amides is 1. The Morgan fingerprint density at radius 3 is 2.62 bits per heavy atom. The van der Waals surface area contributed by atoms with E-state index in [1.807, 2.05) is 0 Å². The maximum absolute atomic E-state index is 13.9. The number of hydrogen-bond acceptors (Lipinski definition) is 10. The molecule has 0 saturated carbocycles. The van der Waals surface area contributed by atoms with Crippen LogP contribution in [0.5, 0.6) is 11.5 Å². The van der Waals surface area contributed by atoms with Crippen molar-refractivity contribution >= 4 is 50.9 Å². The van der Waals surface area contributed by atoms with E-state index >= 15 is 0 Å². The van der Waals surface area contributed by atoms with E-state index in [1.54, 1.807) is 60.7 Å². The average Bonchev–Trinajstić information content (AvgIpc) is 3.73. The van der Waals surface area contributed by atoms with Gasteiger partial charge in [-0.1, -0.05) is 59.5 Å². The number of aliphatic hydroxyl groups is 1. The van der Waals surface area contributed by atoms with Gasteiger partial charge >= 0.3 is 0 Å². The molecule has 0 radical (unpaired) electrons. The van der Waals surface area contributed by atoms with E-state index in [9.17, 15) is 19.1 Å². The first-order valence-electron chi connectivity index (χ1n) is 12.6. The molecule has 0 saturated heterocycles. The highest BCUT2D eigenvalue weighted by Crippen LogP contribution is 2.45. The summed E-state index contributed by atoms with van der Waals surface area (Å²) in [7, 11) is 3.00. The number of para-hydroxylation sites is 1. The lowest BCUT2D eigenvalue weighted by Crippen LogP contribution is -2.31. The van der Waals surface area contributed by atoms with Crippen LogP contribution in [0.4, 0.5) is 9.52 Å².